The van der Waals surface area contributed by atoms with Crippen molar-refractivity contribution < 1.29 is 19.8 Å². The molecule has 0 bridgehead atoms. The Morgan fingerprint density at radius 3 is 2.65 bits per heavy atom. The number of rotatable bonds is 7. The van der Waals surface area contributed by atoms with Crippen LogP contribution in [0.1, 0.15) is 12.5 Å². The van der Waals surface area contributed by atoms with Gasteiger partial charge < -0.3 is 19.9 Å². The number of hydrogen-bond acceptors (Lipinski definition) is 7. The third-order valence-electron chi connectivity index (χ3n) is 5.12. The Kier molecular flexibility index (Phi) is 7.03. The Balaban J connectivity index is 1.58. The number of carbonyl (C=O) groups excluding carboxylic acids is 1. The van der Waals surface area contributed by atoms with Crippen LogP contribution in [0.3, 0.4) is 0 Å². The average molecular weight is 448 g/mol. The van der Waals surface area contributed by atoms with Crippen molar-refractivity contribution in [2.24, 2.45) is 0 Å². The lowest BCUT2D eigenvalue weighted by atomic mass is 10.1. The van der Waals surface area contributed by atoms with E-state index in [9.17, 15) is 14.9 Å². The number of methoxy groups -OCH3 is 1. The molecule has 0 saturated carbocycles. The fraction of sp³-hybridized carbons (Fsp3) is 0.350. The summed E-state index contributed by atoms with van der Waals surface area (Å²) in [5.74, 6) is 0.959. The average Bonchev–Trinajstić information content (AvgIpc) is 2.77. The van der Waals surface area contributed by atoms with Crippen LogP contribution in [-0.2, 0) is 4.79 Å². The number of piperazine rings is 1. The third-order valence-corrected chi connectivity index (χ3v) is 5.43. The summed E-state index contributed by atoms with van der Waals surface area (Å²) >= 11 is 6.09. The van der Waals surface area contributed by atoms with Crippen LogP contribution < -0.4 is 15.0 Å². The Morgan fingerprint density at radius 2 is 2.03 bits per heavy atom. The lowest BCUT2D eigenvalue weighted by Crippen LogP contribution is -2.82. The van der Waals surface area contributed by atoms with Crippen molar-refractivity contribution in [3.8, 4) is 5.75 Å². The van der Waals surface area contributed by atoms with Crippen LogP contribution in [0.15, 0.2) is 30.5 Å². The first-order valence-electron chi connectivity index (χ1n) is 9.69. The number of nitro groups is 1. The van der Waals surface area contributed by atoms with Gasteiger partial charge in [0, 0.05) is 49.7 Å². The van der Waals surface area contributed by atoms with Crippen molar-refractivity contribution in [3.05, 3.63) is 51.2 Å². The number of nitrogens with one attached hydrogen (secondary N) is 1. The Hall–Kier alpha value is -3.24. The number of nitrogens with zero attached hydrogens (tertiary/aromatic N) is 4. The predicted molar refractivity (Wildman–Crippen MR) is 117 cm³/mol. The van der Waals surface area contributed by atoms with Crippen molar-refractivity contribution in [2.45, 2.75) is 6.92 Å². The number of amides is 1. The van der Waals surface area contributed by atoms with Gasteiger partial charge in [0.15, 0.2) is 6.54 Å². The predicted octanol–water partition coefficient (Wildman–Crippen LogP) is 1.58. The highest BCUT2D eigenvalue weighted by Crippen LogP contribution is 2.29. The zero-order valence-corrected chi connectivity index (χ0v) is 18.1. The van der Waals surface area contributed by atoms with Gasteiger partial charge >= 0.3 is 0 Å². The number of pyridine rings is 1. The molecule has 1 amide bonds. The maximum Gasteiger partial charge on any atom is 0.288 e. The molecular formula is C20H24ClN6O4+. The van der Waals surface area contributed by atoms with Crippen molar-refractivity contribution in [1.29, 1.82) is 5.41 Å². The maximum absolute atomic E-state index is 12.7. The van der Waals surface area contributed by atoms with E-state index in [0.29, 0.717) is 48.3 Å². The molecule has 1 aromatic heterocycles. The highest BCUT2D eigenvalue weighted by molar-refractivity contribution is 6.32. The molecule has 31 heavy (non-hydrogen) atoms. The Bertz CT molecular complexity index is 1010. The second-order valence-corrected chi connectivity index (χ2v) is 7.51. The number of ether oxygens (including phenoxy) is 1. The second kappa shape index (κ2) is 9.71. The summed E-state index contributed by atoms with van der Waals surface area (Å²) in [5, 5.41) is 21.0. The summed E-state index contributed by atoms with van der Waals surface area (Å²) in [4.78, 5) is 31.1. The molecular weight excluding hydrogens is 424 g/mol. The first kappa shape index (κ1) is 22.4. The first-order chi connectivity index (χ1) is 14.8. The van der Waals surface area contributed by atoms with E-state index in [-0.39, 0.29) is 23.9 Å². The lowest BCUT2D eigenvalue weighted by Gasteiger charge is -2.36. The summed E-state index contributed by atoms with van der Waals surface area (Å²) in [6.45, 7) is 4.14. The van der Waals surface area contributed by atoms with Crippen LogP contribution in [0.25, 0.3) is 0 Å². The van der Waals surface area contributed by atoms with E-state index in [4.69, 9.17) is 21.7 Å². The molecule has 0 atom stereocenters. The smallest absolute Gasteiger partial charge is 0.288 e. The van der Waals surface area contributed by atoms with Gasteiger partial charge in [0.25, 0.3) is 11.6 Å². The minimum absolute atomic E-state index is 0.0536. The quantitative estimate of drug-likeness (QED) is 0.376. The number of carbonyl (C=O) groups is 1. The monoisotopic (exact) mass is 447 g/mol. The Morgan fingerprint density at radius 1 is 1.32 bits per heavy atom. The number of halogens is 1. The standard InChI is InChI=1S/C20H23ClN6O4/c1-13(22)16-9-15(27(29)30)11-23-20(16)24-12-19(28)26-7-5-25(6-8-26)14-3-4-17(21)18(10-14)31-2/h3-4,9-11,22H,5-8,12H2,1-2H3,(H,23,24)/p+1. The summed E-state index contributed by atoms with van der Waals surface area (Å²) < 4.78 is 5.27. The van der Waals surface area contributed by atoms with Gasteiger partial charge in [0.2, 0.25) is 5.82 Å². The molecule has 1 aliphatic rings. The molecule has 3 N–H and O–H groups in total. The molecule has 1 saturated heterocycles. The molecule has 2 aromatic rings. The summed E-state index contributed by atoms with van der Waals surface area (Å²) in [7, 11) is 1.57. The van der Waals surface area contributed by atoms with Gasteiger partial charge in [-0.05, 0) is 19.1 Å². The maximum atomic E-state index is 12.7. The number of hydrogen-bond donors (Lipinski definition) is 2. The van der Waals surface area contributed by atoms with E-state index in [2.05, 4.69) is 9.88 Å². The molecule has 164 valence electrons. The van der Waals surface area contributed by atoms with Crippen molar-refractivity contribution in [1.82, 2.24) is 9.88 Å². The highest BCUT2D eigenvalue weighted by Gasteiger charge is 2.24. The topological polar surface area (TPSA) is 129 Å². The van der Waals surface area contributed by atoms with Crippen LogP contribution in [0, 0.1) is 15.5 Å². The van der Waals surface area contributed by atoms with Crippen molar-refractivity contribution in [3.63, 3.8) is 0 Å². The molecule has 10 nitrogen and oxygen atoms in total. The van der Waals surface area contributed by atoms with E-state index in [1.54, 1.807) is 23.4 Å². The van der Waals surface area contributed by atoms with Gasteiger partial charge in [-0.25, -0.2) is 0 Å². The second-order valence-electron chi connectivity index (χ2n) is 7.10. The molecule has 2 heterocycles. The number of aromatic nitrogens is 1. The van der Waals surface area contributed by atoms with E-state index in [0.717, 1.165) is 11.9 Å². The van der Waals surface area contributed by atoms with Crippen LogP contribution >= 0.6 is 11.6 Å². The number of anilines is 1. The van der Waals surface area contributed by atoms with Gasteiger partial charge in [-0.15, -0.1) is 0 Å². The molecule has 1 aromatic carbocycles. The molecule has 3 rings (SSSR count). The van der Waals surface area contributed by atoms with Crippen molar-refractivity contribution >= 4 is 40.4 Å². The molecule has 0 unspecified atom stereocenters. The molecule has 1 aliphatic heterocycles. The van der Waals surface area contributed by atoms with Gasteiger partial charge in [0.05, 0.1) is 22.6 Å². The van der Waals surface area contributed by atoms with E-state index >= 15 is 0 Å². The van der Waals surface area contributed by atoms with Gasteiger partial charge in [0.1, 0.15) is 11.9 Å². The first-order valence-corrected chi connectivity index (χ1v) is 10.1. The van der Waals surface area contributed by atoms with Crippen LogP contribution in [0.5, 0.6) is 5.75 Å². The normalized spacial score (nSPS) is 13.8. The van der Waals surface area contributed by atoms with Gasteiger partial charge in [-0.2, -0.15) is 4.98 Å². The third kappa shape index (κ3) is 5.28. The summed E-state index contributed by atoms with van der Waals surface area (Å²) in [6, 6.07) is 6.92. The molecule has 0 radical (unpaired) electrons. The summed E-state index contributed by atoms with van der Waals surface area (Å²) in [6.07, 6.45) is 1.14. The zero-order valence-electron chi connectivity index (χ0n) is 17.3. The van der Waals surface area contributed by atoms with Crippen LogP contribution in [-0.4, -0.2) is 66.3 Å². The van der Waals surface area contributed by atoms with E-state index in [1.165, 1.54) is 13.0 Å². The fourth-order valence-electron chi connectivity index (χ4n) is 3.40. The van der Waals surface area contributed by atoms with Gasteiger partial charge in [-0.3, -0.25) is 20.2 Å². The molecule has 0 aliphatic carbocycles. The van der Waals surface area contributed by atoms with E-state index < -0.39 is 4.92 Å². The minimum Gasteiger partial charge on any atom is -0.495 e. The number of quaternary nitrogens is 1. The van der Waals surface area contributed by atoms with E-state index in [1.807, 2.05) is 12.1 Å². The largest absolute Gasteiger partial charge is 0.495 e. The fourth-order valence-corrected chi connectivity index (χ4v) is 3.59. The number of nitrogens with two attached hydrogens (primary N) is 1. The van der Waals surface area contributed by atoms with Crippen molar-refractivity contribution in [2.75, 3.05) is 44.7 Å². The highest BCUT2D eigenvalue weighted by atomic mass is 35.5. The number of benzene rings is 1. The lowest BCUT2D eigenvalue weighted by molar-refractivity contribution is -0.564. The van der Waals surface area contributed by atoms with Gasteiger partial charge in [-0.1, -0.05) is 11.6 Å². The zero-order chi connectivity index (χ0) is 22.5. The minimum atomic E-state index is -0.551. The van der Waals surface area contributed by atoms with Crippen LogP contribution in [0.2, 0.25) is 5.02 Å². The SMILES string of the molecule is COc1cc(N2CCN(C(=O)C[NH2+]c3ncc([N+](=O)[O-])cc3C(C)=N)CC2)ccc1Cl. The van der Waals surface area contributed by atoms with Crippen LogP contribution in [0.4, 0.5) is 17.2 Å². The Labute approximate surface area is 184 Å². The summed E-state index contributed by atoms with van der Waals surface area (Å²) in [5.41, 5.74) is 1.31. The molecule has 11 heteroatoms. The molecule has 0 spiro atoms. The molecule has 1 fully saturated rings.